The Hall–Kier alpha value is -1.97. The van der Waals surface area contributed by atoms with Crippen LogP contribution < -0.4 is 4.74 Å². The quantitative estimate of drug-likeness (QED) is 0.660. The smallest absolute Gasteiger partial charge is 0.226 e. The highest BCUT2D eigenvalue weighted by Gasteiger charge is 2.10. The van der Waals surface area contributed by atoms with Gasteiger partial charge < -0.3 is 9.15 Å². The molecule has 0 unspecified atom stereocenters. The molecule has 1 aromatic heterocycles. The fourth-order valence-corrected chi connectivity index (χ4v) is 2.36. The number of aromatic nitrogens is 1. The van der Waals surface area contributed by atoms with Gasteiger partial charge in [-0.15, -0.1) is 0 Å². The molecular weight excluding hydrogens is 309 g/mol. The SMILES string of the molecule is Clc1cccc(Cl)c1OCc1coc(-c2ccccc2)n1. The number of rotatable bonds is 4. The van der Waals surface area contributed by atoms with Gasteiger partial charge in [0.1, 0.15) is 18.6 Å². The van der Waals surface area contributed by atoms with E-state index in [1.165, 1.54) is 0 Å². The summed E-state index contributed by atoms with van der Waals surface area (Å²) in [5, 5.41) is 0.934. The average molecular weight is 320 g/mol. The maximum atomic E-state index is 6.04. The van der Waals surface area contributed by atoms with E-state index in [0.717, 1.165) is 5.56 Å². The second-order valence-corrected chi connectivity index (χ2v) is 5.16. The van der Waals surface area contributed by atoms with Crippen molar-refractivity contribution in [3.05, 3.63) is 70.5 Å². The number of hydrogen-bond acceptors (Lipinski definition) is 3. The molecule has 2 aromatic carbocycles. The number of halogens is 2. The van der Waals surface area contributed by atoms with Crippen molar-refractivity contribution in [3.8, 4) is 17.2 Å². The minimum atomic E-state index is 0.236. The van der Waals surface area contributed by atoms with E-state index in [1.807, 2.05) is 30.3 Å². The molecule has 3 aromatic rings. The standard InChI is InChI=1S/C16H11Cl2NO2/c17-13-7-4-8-14(18)15(13)20-9-12-10-21-16(19-12)11-5-2-1-3-6-11/h1-8,10H,9H2. The summed E-state index contributed by atoms with van der Waals surface area (Å²) in [6.07, 6.45) is 1.56. The maximum absolute atomic E-state index is 6.04. The van der Waals surface area contributed by atoms with E-state index in [2.05, 4.69) is 4.98 Å². The molecule has 3 rings (SSSR count). The molecule has 106 valence electrons. The second kappa shape index (κ2) is 6.20. The lowest BCUT2D eigenvalue weighted by molar-refractivity contribution is 0.301. The Kier molecular flexibility index (Phi) is 4.13. The first kappa shape index (κ1) is 14.0. The zero-order valence-corrected chi connectivity index (χ0v) is 12.4. The predicted molar refractivity (Wildman–Crippen MR) is 82.7 cm³/mol. The summed E-state index contributed by atoms with van der Waals surface area (Å²) >= 11 is 12.1. The minimum Gasteiger partial charge on any atom is -0.484 e. The van der Waals surface area contributed by atoms with Crippen molar-refractivity contribution in [2.75, 3.05) is 0 Å². The Labute approximate surface area is 132 Å². The molecule has 0 atom stereocenters. The number of oxazole rings is 1. The van der Waals surface area contributed by atoms with Crippen LogP contribution >= 0.6 is 23.2 Å². The van der Waals surface area contributed by atoms with Crippen molar-refractivity contribution in [1.82, 2.24) is 4.98 Å². The lowest BCUT2D eigenvalue weighted by Crippen LogP contribution is -1.97. The number of hydrogen-bond donors (Lipinski definition) is 0. The van der Waals surface area contributed by atoms with Crippen LogP contribution in [0.2, 0.25) is 10.0 Å². The highest BCUT2D eigenvalue weighted by molar-refractivity contribution is 6.37. The molecular formula is C16H11Cl2NO2. The van der Waals surface area contributed by atoms with Crippen LogP contribution in [0, 0.1) is 0 Å². The lowest BCUT2D eigenvalue weighted by atomic mass is 10.2. The summed E-state index contributed by atoms with van der Waals surface area (Å²) in [6, 6.07) is 14.9. The summed E-state index contributed by atoms with van der Waals surface area (Å²) in [7, 11) is 0. The first-order valence-corrected chi connectivity index (χ1v) is 7.06. The topological polar surface area (TPSA) is 35.3 Å². The molecule has 0 aliphatic carbocycles. The highest BCUT2D eigenvalue weighted by atomic mass is 35.5. The normalized spacial score (nSPS) is 10.6. The van der Waals surface area contributed by atoms with Gasteiger partial charge in [0.25, 0.3) is 0 Å². The van der Waals surface area contributed by atoms with E-state index >= 15 is 0 Å². The summed E-state index contributed by atoms with van der Waals surface area (Å²) in [6.45, 7) is 0.236. The van der Waals surface area contributed by atoms with E-state index in [9.17, 15) is 0 Å². The number of benzene rings is 2. The van der Waals surface area contributed by atoms with Crippen LogP contribution in [-0.4, -0.2) is 4.98 Å². The van der Waals surface area contributed by atoms with Gasteiger partial charge in [-0.05, 0) is 24.3 Å². The van der Waals surface area contributed by atoms with Crippen LogP contribution in [0.15, 0.2) is 59.2 Å². The molecule has 1 heterocycles. The Morgan fingerprint density at radius 3 is 2.38 bits per heavy atom. The summed E-state index contributed by atoms with van der Waals surface area (Å²) in [4.78, 5) is 4.38. The minimum absolute atomic E-state index is 0.236. The summed E-state index contributed by atoms with van der Waals surface area (Å²) < 4.78 is 11.1. The van der Waals surface area contributed by atoms with Gasteiger partial charge in [-0.2, -0.15) is 0 Å². The fraction of sp³-hybridized carbons (Fsp3) is 0.0625. The van der Waals surface area contributed by atoms with Crippen molar-refractivity contribution >= 4 is 23.2 Å². The number of ether oxygens (including phenoxy) is 1. The van der Waals surface area contributed by atoms with Crippen molar-refractivity contribution in [2.24, 2.45) is 0 Å². The van der Waals surface area contributed by atoms with E-state index < -0.39 is 0 Å². The van der Waals surface area contributed by atoms with E-state index in [0.29, 0.717) is 27.4 Å². The first-order valence-electron chi connectivity index (χ1n) is 6.30. The van der Waals surface area contributed by atoms with E-state index in [1.54, 1.807) is 24.5 Å². The molecule has 0 radical (unpaired) electrons. The van der Waals surface area contributed by atoms with Gasteiger partial charge in [0.05, 0.1) is 10.0 Å². The molecule has 0 aliphatic heterocycles. The Bertz CT molecular complexity index is 721. The maximum Gasteiger partial charge on any atom is 0.226 e. The molecule has 0 aliphatic rings. The molecule has 0 N–H and O–H groups in total. The van der Waals surface area contributed by atoms with Crippen molar-refractivity contribution < 1.29 is 9.15 Å². The van der Waals surface area contributed by atoms with E-state index in [-0.39, 0.29) is 6.61 Å². The number of nitrogens with zero attached hydrogens (tertiary/aromatic N) is 1. The van der Waals surface area contributed by atoms with Crippen LogP contribution in [0.25, 0.3) is 11.5 Å². The Morgan fingerprint density at radius 1 is 0.952 bits per heavy atom. The summed E-state index contributed by atoms with van der Waals surface area (Å²) in [5.74, 6) is 1.00. The molecule has 0 fully saturated rings. The van der Waals surface area contributed by atoms with Gasteiger partial charge >= 0.3 is 0 Å². The highest BCUT2D eigenvalue weighted by Crippen LogP contribution is 2.33. The van der Waals surface area contributed by atoms with Gasteiger partial charge in [0.2, 0.25) is 5.89 Å². The van der Waals surface area contributed by atoms with Crippen molar-refractivity contribution in [1.29, 1.82) is 0 Å². The third-order valence-electron chi connectivity index (χ3n) is 2.86. The monoisotopic (exact) mass is 319 g/mol. The molecule has 21 heavy (non-hydrogen) atoms. The van der Waals surface area contributed by atoms with Crippen LogP contribution in [0.4, 0.5) is 0 Å². The van der Waals surface area contributed by atoms with Gasteiger partial charge in [0.15, 0.2) is 5.75 Å². The zero-order valence-electron chi connectivity index (χ0n) is 10.9. The largest absolute Gasteiger partial charge is 0.484 e. The fourth-order valence-electron chi connectivity index (χ4n) is 1.85. The molecule has 0 bridgehead atoms. The van der Waals surface area contributed by atoms with Crippen LogP contribution in [0.5, 0.6) is 5.75 Å². The van der Waals surface area contributed by atoms with Gasteiger partial charge in [0, 0.05) is 5.56 Å². The first-order chi connectivity index (χ1) is 10.2. The molecule has 0 amide bonds. The van der Waals surface area contributed by atoms with Crippen molar-refractivity contribution in [3.63, 3.8) is 0 Å². The number of para-hydroxylation sites is 1. The van der Waals surface area contributed by atoms with Crippen molar-refractivity contribution in [2.45, 2.75) is 6.61 Å². The summed E-state index contributed by atoms with van der Waals surface area (Å²) in [5.41, 5.74) is 1.59. The Balaban J connectivity index is 1.74. The molecule has 0 saturated heterocycles. The zero-order chi connectivity index (χ0) is 14.7. The third-order valence-corrected chi connectivity index (χ3v) is 3.45. The van der Waals surface area contributed by atoms with E-state index in [4.69, 9.17) is 32.4 Å². The Morgan fingerprint density at radius 2 is 1.67 bits per heavy atom. The molecule has 3 nitrogen and oxygen atoms in total. The van der Waals surface area contributed by atoms with Gasteiger partial charge in [-0.3, -0.25) is 0 Å². The van der Waals surface area contributed by atoms with Crippen LogP contribution in [-0.2, 0) is 6.61 Å². The molecule has 0 saturated carbocycles. The molecule has 5 heteroatoms. The third kappa shape index (κ3) is 3.20. The average Bonchev–Trinajstić information content (AvgIpc) is 2.97. The molecule has 0 spiro atoms. The van der Waals surface area contributed by atoms with Crippen LogP contribution in [0.3, 0.4) is 0 Å². The van der Waals surface area contributed by atoms with Gasteiger partial charge in [-0.25, -0.2) is 4.98 Å². The van der Waals surface area contributed by atoms with Crippen LogP contribution in [0.1, 0.15) is 5.69 Å². The lowest BCUT2D eigenvalue weighted by Gasteiger charge is -2.07. The van der Waals surface area contributed by atoms with Gasteiger partial charge in [-0.1, -0.05) is 47.5 Å². The predicted octanol–water partition coefficient (Wildman–Crippen LogP) is 5.23. The second-order valence-electron chi connectivity index (χ2n) is 4.35.